The zero-order valence-corrected chi connectivity index (χ0v) is 54.2. The number of carbonyl (C=O) groups excluding carboxylic acids is 3. The maximum absolute atomic E-state index is 12.9. The Bertz CT molecular complexity index is 1590. The van der Waals surface area contributed by atoms with Crippen LogP contribution in [0, 0.1) is 0 Å². The van der Waals surface area contributed by atoms with Crippen LogP contribution in [-0.4, -0.2) is 37.2 Å². The Morgan fingerprint density at radius 2 is 0.476 bits per heavy atom. The molecule has 0 amide bonds. The van der Waals surface area contributed by atoms with Crippen molar-refractivity contribution >= 4 is 17.9 Å². The van der Waals surface area contributed by atoms with E-state index in [9.17, 15) is 14.4 Å². The molecule has 0 heterocycles. The van der Waals surface area contributed by atoms with Gasteiger partial charge >= 0.3 is 17.9 Å². The van der Waals surface area contributed by atoms with Gasteiger partial charge in [-0.1, -0.05) is 311 Å². The third kappa shape index (κ3) is 67.1. The lowest BCUT2D eigenvalue weighted by molar-refractivity contribution is -0.167. The smallest absolute Gasteiger partial charge is 0.306 e. The van der Waals surface area contributed by atoms with Gasteiger partial charge in [-0.2, -0.15) is 0 Å². The highest BCUT2D eigenvalue weighted by molar-refractivity contribution is 5.71. The molecule has 472 valence electrons. The van der Waals surface area contributed by atoms with Gasteiger partial charge in [-0.15, -0.1) is 0 Å². The summed E-state index contributed by atoms with van der Waals surface area (Å²) in [5, 5.41) is 0. The molecule has 0 aliphatic heterocycles. The molecule has 0 spiro atoms. The van der Waals surface area contributed by atoms with Gasteiger partial charge in [0.15, 0.2) is 6.10 Å². The molecule has 0 aromatic rings. The first-order valence-corrected chi connectivity index (χ1v) is 35.2. The van der Waals surface area contributed by atoms with Crippen molar-refractivity contribution < 1.29 is 28.6 Å². The van der Waals surface area contributed by atoms with Gasteiger partial charge in [0, 0.05) is 19.3 Å². The van der Waals surface area contributed by atoms with Crippen LogP contribution < -0.4 is 0 Å². The standard InChI is InChI=1S/C76H132O6/c1-4-7-10-13-16-19-22-25-28-30-31-32-33-34-35-36-37-38-39-40-41-42-43-44-45-47-48-51-54-57-60-63-66-69-75(78)81-72-73(71-80-74(77)68-65-62-59-56-53-50-27-24-21-18-15-12-9-6-3)82-76(79)70-67-64-61-58-55-52-49-46-29-26-23-20-17-14-11-8-5-2/h7-8,10-11,16-17,19-20,24-29,31-32,73H,4-6,9,12-15,18,21-23,30,33-72H2,1-3H3/b10-7-,11-8-,19-16-,20-17-,27-24-,28-25-,29-26-,32-31-. The molecule has 0 aliphatic rings. The summed E-state index contributed by atoms with van der Waals surface area (Å²) in [6, 6.07) is 0. The van der Waals surface area contributed by atoms with Crippen molar-refractivity contribution in [3.8, 4) is 0 Å². The lowest BCUT2D eigenvalue weighted by Gasteiger charge is -2.18. The van der Waals surface area contributed by atoms with Crippen LogP contribution in [0.3, 0.4) is 0 Å². The number of hydrogen-bond donors (Lipinski definition) is 0. The average molecular weight is 1140 g/mol. The van der Waals surface area contributed by atoms with E-state index in [-0.39, 0.29) is 31.1 Å². The summed E-state index contributed by atoms with van der Waals surface area (Å²) in [5.41, 5.74) is 0. The van der Waals surface area contributed by atoms with Crippen LogP contribution in [0.5, 0.6) is 0 Å². The van der Waals surface area contributed by atoms with Gasteiger partial charge in [-0.05, 0) is 116 Å². The summed E-state index contributed by atoms with van der Waals surface area (Å²) in [6.07, 6.45) is 94.4. The highest BCUT2D eigenvalue weighted by Gasteiger charge is 2.19. The number of unbranched alkanes of at least 4 members (excludes halogenated alkanes) is 37. The Hall–Kier alpha value is -3.67. The number of rotatable bonds is 64. The fraction of sp³-hybridized carbons (Fsp3) is 0.750. The Morgan fingerprint density at radius 3 is 0.756 bits per heavy atom. The van der Waals surface area contributed by atoms with Gasteiger partial charge in [0.05, 0.1) is 0 Å². The number of ether oxygens (including phenoxy) is 3. The topological polar surface area (TPSA) is 78.9 Å². The molecule has 0 saturated heterocycles. The van der Waals surface area contributed by atoms with Gasteiger partial charge < -0.3 is 14.2 Å². The fourth-order valence-electron chi connectivity index (χ4n) is 10.1. The minimum Gasteiger partial charge on any atom is -0.462 e. The summed E-state index contributed by atoms with van der Waals surface area (Å²) < 4.78 is 17.0. The molecule has 6 heteroatoms. The van der Waals surface area contributed by atoms with E-state index in [0.29, 0.717) is 19.3 Å². The van der Waals surface area contributed by atoms with Crippen LogP contribution in [0.2, 0.25) is 0 Å². The van der Waals surface area contributed by atoms with Gasteiger partial charge in [0.1, 0.15) is 13.2 Å². The number of carbonyl (C=O) groups is 3. The molecule has 1 unspecified atom stereocenters. The van der Waals surface area contributed by atoms with Crippen LogP contribution in [0.1, 0.15) is 348 Å². The second-order valence-electron chi connectivity index (χ2n) is 23.4. The maximum Gasteiger partial charge on any atom is 0.306 e. The normalized spacial score (nSPS) is 12.7. The van der Waals surface area contributed by atoms with Gasteiger partial charge in [0.2, 0.25) is 0 Å². The lowest BCUT2D eigenvalue weighted by atomic mass is 10.0. The van der Waals surface area contributed by atoms with Crippen molar-refractivity contribution in [1.82, 2.24) is 0 Å². The summed E-state index contributed by atoms with van der Waals surface area (Å²) >= 11 is 0. The largest absolute Gasteiger partial charge is 0.462 e. The summed E-state index contributed by atoms with van der Waals surface area (Å²) in [6.45, 7) is 6.43. The molecule has 0 aliphatic carbocycles. The van der Waals surface area contributed by atoms with E-state index in [4.69, 9.17) is 14.2 Å². The highest BCUT2D eigenvalue weighted by atomic mass is 16.6. The number of allylic oxidation sites excluding steroid dienone is 16. The summed E-state index contributed by atoms with van der Waals surface area (Å²) in [4.78, 5) is 38.4. The Balaban J connectivity index is 4.17. The molecule has 0 N–H and O–H groups in total. The lowest BCUT2D eigenvalue weighted by Crippen LogP contribution is -2.30. The molecular weight excluding hydrogens is 1010 g/mol. The SMILES string of the molecule is CC/C=C\C/C=C\C/C=C\C/C=C\CCCCCCCCCCCCCCCCCCCCCCC(=O)OCC(COC(=O)CCCCCCC/C=C\CCCCCCC)OC(=O)CCCCCCCCC/C=C\C/C=C\C/C=C\CC. The minimum absolute atomic E-state index is 0.0804. The molecule has 0 saturated carbocycles. The molecule has 6 nitrogen and oxygen atoms in total. The van der Waals surface area contributed by atoms with E-state index in [1.807, 2.05) is 0 Å². The second-order valence-corrected chi connectivity index (χ2v) is 23.4. The van der Waals surface area contributed by atoms with Crippen molar-refractivity contribution in [2.24, 2.45) is 0 Å². The van der Waals surface area contributed by atoms with Crippen LogP contribution >= 0.6 is 0 Å². The molecule has 0 aromatic heterocycles. The first-order chi connectivity index (χ1) is 40.5. The molecule has 1 atom stereocenters. The Kier molecular flexibility index (Phi) is 66.7. The first kappa shape index (κ1) is 78.3. The van der Waals surface area contributed by atoms with Gasteiger partial charge in [0.25, 0.3) is 0 Å². The van der Waals surface area contributed by atoms with Crippen molar-refractivity contribution in [2.75, 3.05) is 13.2 Å². The van der Waals surface area contributed by atoms with Crippen molar-refractivity contribution in [2.45, 2.75) is 354 Å². The van der Waals surface area contributed by atoms with Crippen LogP contribution in [-0.2, 0) is 28.6 Å². The van der Waals surface area contributed by atoms with Crippen molar-refractivity contribution in [3.05, 3.63) is 97.2 Å². The molecular formula is C76H132O6. The van der Waals surface area contributed by atoms with Crippen LogP contribution in [0.15, 0.2) is 97.2 Å². The third-order valence-corrected chi connectivity index (χ3v) is 15.3. The fourth-order valence-corrected chi connectivity index (χ4v) is 10.1. The van der Waals surface area contributed by atoms with E-state index < -0.39 is 6.10 Å². The molecule has 0 aromatic carbocycles. The van der Waals surface area contributed by atoms with Crippen LogP contribution in [0.25, 0.3) is 0 Å². The van der Waals surface area contributed by atoms with E-state index in [0.717, 1.165) is 116 Å². The van der Waals surface area contributed by atoms with Crippen LogP contribution in [0.4, 0.5) is 0 Å². The van der Waals surface area contributed by atoms with E-state index in [1.165, 1.54) is 193 Å². The summed E-state index contributed by atoms with van der Waals surface area (Å²) in [5.74, 6) is -0.883. The number of hydrogen-bond acceptors (Lipinski definition) is 6. The quantitative estimate of drug-likeness (QED) is 0.0261. The number of esters is 3. The van der Waals surface area contributed by atoms with Gasteiger partial charge in [-0.25, -0.2) is 0 Å². The van der Waals surface area contributed by atoms with Crippen molar-refractivity contribution in [3.63, 3.8) is 0 Å². The molecule has 0 rings (SSSR count). The van der Waals surface area contributed by atoms with Gasteiger partial charge in [-0.3, -0.25) is 14.4 Å². The van der Waals surface area contributed by atoms with E-state index in [2.05, 4.69) is 118 Å². The molecule has 82 heavy (non-hydrogen) atoms. The molecule has 0 bridgehead atoms. The summed E-state index contributed by atoms with van der Waals surface area (Å²) in [7, 11) is 0. The maximum atomic E-state index is 12.9. The zero-order valence-electron chi connectivity index (χ0n) is 54.2. The molecule has 0 radical (unpaired) electrons. The first-order valence-electron chi connectivity index (χ1n) is 35.2. The van der Waals surface area contributed by atoms with E-state index in [1.54, 1.807) is 0 Å². The predicted octanol–water partition coefficient (Wildman–Crippen LogP) is 24.4. The van der Waals surface area contributed by atoms with Crippen molar-refractivity contribution in [1.29, 1.82) is 0 Å². The molecule has 0 fully saturated rings. The Morgan fingerprint density at radius 1 is 0.256 bits per heavy atom. The average Bonchev–Trinajstić information content (AvgIpc) is 3.47. The predicted molar refractivity (Wildman–Crippen MR) is 357 cm³/mol. The second kappa shape index (κ2) is 69.8. The van der Waals surface area contributed by atoms with E-state index >= 15 is 0 Å². The minimum atomic E-state index is -0.786. The third-order valence-electron chi connectivity index (χ3n) is 15.3. The zero-order chi connectivity index (χ0) is 59.2. The highest BCUT2D eigenvalue weighted by Crippen LogP contribution is 2.18. The monoisotopic (exact) mass is 1140 g/mol. The Labute approximate surface area is 508 Å².